The van der Waals surface area contributed by atoms with Crippen molar-refractivity contribution in [2.24, 2.45) is 0 Å². The van der Waals surface area contributed by atoms with Crippen LogP contribution in [-0.4, -0.2) is 36.7 Å². The Labute approximate surface area is 83.6 Å². The molecule has 1 saturated heterocycles. The highest BCUT2D eigenvalue weighted by Gasteiger charge is 2.18. The van der Waals surface area contributed by atoms with Gasteiger partial charge in [0, 0.05) is 6.61 Å². The fourth-order valence-corrected chi connectivity index (χ4v) is 1.56. The first kappa shape index (κ1) is 10.9. The van der Waals surface area contributed by atoms with Gasteiger partial charge in [-0.25, -0.2) is 0 Å². The summed E-state index contributed by atoms with van der Waals surface area (Å²) in [5, 5.41) is 3.03. The number of hydrogen-bond acceptors (Lipinski definition) is 3. The predicted octanol–water partition coefficient (Wildman–Crippen LogP) is 1.03. The average Bonchev–Trinajstić information content (AvgIpc) is 2.18. The molecule has 0 aromatic carbocycles. The number of thioether (sulfide) groups is 1. The quantitative estimate of drug-likeness (QED) is 0.744. The van der Waals surface area contributed by atoms with E-state index in [0.717, 1.165) is 19.4 Å². The van der Waals surface area contributed by atoms with Crippen molar-refractivity contribution in [3.8, 4) is 0 Å². The number of ether oxygens (including phenoxy) is 1. The maximum absolute atomic E-state index is 11.5. The molecule has 0 saturated carbocycles. The maximum Gasteiger partial charge on any atom is 0.233 e. The SMILES string of the molecule is CSC(C)C(=O)N[C@@H]1CCCOC1. The Balaban J connectivity index is 2.26. The molecule has 1 rings (SSSR count). The second kappa shape index (κ2) is 5.50. The lowest BCUT2D eigenvalue weighted by Crippen LogP contribution is -2.43. The van der Waals surface area contributed by atoms with Crippen LogP contribution in [0, 0.1) is 0 Å². The van der Waals surface area contributed by atoms with Crippen molar-refractivity contribution in [3.63, 3.8) is 0 Å². The largest absolute Gasteiger partial charge is 0.379 e. The van der Waals surface area contributed by atoms with Gasteiger partial charge in [0.1, 0.15) is 0 Å². The number of hydrogen-bond donors (Lipinski definition) is 1. The van der Waals surface area contributed by atoms with Gasteiger partial charge in [-0.1, -0.05) is 0 Å². The van der Waals surface area contributed by atoms with E-state index in [2.05, 4.69) is 5.32 Å². The van der Waals surface area contributed by atoms with Gasteiger partial charge in [-0.05, 0) is 26.0 Å². The summed E-state index contributed by atoms with van der Waals surface area (Å²) in [6.45, 7) is 3.43. The molecule has 0 radical (unpaired) electrons. The van der Waals surface area contributed by atoms with E-state index in [9.17, 15) is 4.79 Å². The molecule has 4 heteroatoms. The molecule has 0 bridgehead atoms. The normalized spacial score (nSPS) is 25.2. The molecule has 1 fully saturated rings. The molecule has 13 heavy (non-hydrogen) atoms. The van der Waals surface area contributed by atoms with Crippen LogP contribution in [0.1, 0.15) is 19.8 Å². The standard InChI is InChI=1S/C9H17NO2S/c1-7(13-2)9(11)10-8-4-3-5-12-6-8/h7-8H,3-6H2,1-2H3,(H,10,11)/t7?,8-/m1/s1. The Kier molecular flexibility index (Phi) is 4.59. The van der Waals surface area contributed by atoms with E-state index in [-0.39, 0.29) is 17.2 Å². The third kappa shape index (κ3) is 3.56. The fourth-order valence-electron chi connectivity index (χ4n) is 1.28. The van der Waals surface area contributed by atoms with E-state index in [1.165, 1.54) is 0 Å². The second-order valence-corrected chi connectivity index (χ2v) is 4.48. The van der Waals surface area contributed by atoms with Gasteiger partial charge in [-0.15, -0.1) is 0 Å². The van der Waals surface area contributed by atoms with E-state index in [1.807, 2.05) is 13.2 Å². The van der Waals surface area contributed by atoms with E-state index in [4.69, 9.17) is 4.74 Å². The summed E-state index contributed by atoms with van der Waals surface area (Å²) < 4.78 is 5.27. The van der Waals surface area contributed by atoms with Gasteiger partial charge in [0.2, 0.25) is 5.91 Å². The third-order valence-electron chi connectivity index (χ3n) is 2.23. The summed E-state index contributed by atoms with van der Waals surface area (Å²) in [4.78, 5) is 11.5. The zero-order chi connectivity index (χ0) is 9.68. The molecule has 1 amide bonds. The van der Waals surface area contributed by atoms with Crippen molar-refractivity contribution in [1.82, 2.24) is 5.32 Å². The monoisotopic (exact) mass is 203 g/mol. The van der Waals surface area contributed by atoms with Crippen molar-refractivity contribution in [1.29, 1.82) is 0 Å². The lowest BCUT2D eigenvalue weighted by molar-refractivity contribution is -0.121. The fraction of sp³-hybridized carbons (Fsp3) is 0.889. The smallest absolute Gasteiger partial charge is 0.233 e. The van der Waals surface area contributed by atoms with Crippen LogP contribution in [0.5, 0.6) is 0 Å². The number of nitrogens with one attached hydrogen (secondary N) is 1. The molecule has 0 aromatic rings. The van der Waals surface area contributed by atoms with Crippen LogP contribution in [0.3, 0.4) is 0 Å². The summed E-state index contributed by atoms with van der Waals surface area (Å²) in [6, 6.07) is 0.232. The highest BCUT2D eigenvalue weighted by Crippen LogP contribution is 2.09. The maximum atomic E-state index is 11.5. The van der Waals surface area contributed by atoms with Gasteiger partial charge in [0.05, 0.1) is 17.9 Å². The first-order valence-corrected chi connectivity index (χ1v) is 5.93. The van der Waals surface area contributed by atoms with Gasteiger partial charge in [-0.3, -0.25) is 4.79 Å². The molecular weight excluding hydrogens is 186 g/mol. The predicted molar refractivity (Wildman–Crippen MR) is 55.0 cm³/mol. The van der Waals surface area contributed by atoms with Crippen LogP contribution in [-0.2, 0) is 9.53 Å². The van der Waals surface area contributed by atoms with E-state index >= 15 is 0 Å². The number of rotatable bonds is 3. The average molecular weight is 203 g/mol. The summed E-state index contributed by atoms with van der Waals surface area (Å²) in [7, 11) is 0. The summed E-state index contributed by atoms with van der Waals surface area (Å²) >= 11 is 1.57. The number of amides is 1. The minimum atomic E-state index is 0.0435. The first-order chi connectivity index (χ1) is 6.24. The van der Waals surface area contributed by atoms with Crippen molar-refractivity contribution in [3.05, 3.63) is 0 Å². The van der Waals surface area contributed by atoms with Crippen LogP contribution in [0.2, 0.25) is 0 Å². The van der Waals surface area contributed by atoms with Gasteiger partial charge >= 0.3 is 0 Å². The van der Waals surface area contributed by atoms with E-state index in [0.29, 0.717) is 6.61 Å². The van der Waals surface area contributed by atoms with Gasteiger partial charge < -0.3 is 10.1 Å². The highest BCUT2D eigenvalue weighted by molar-refractivity contribution is 7.99. The number of carbonyl (C=O) groups excluding carboxylic acids is 1. The molecule has 1 heterocycles. The van der Waals surface area contributed by atoms with Crippen LogP contribution in [0.15, 0.2) is 0 Å². The molecule has 1 aliphatic rings. The second-order valence-electron chi connectivity index (χ2n) is 3.30. The first-order valence-electron chi connectivity index (χ1n) is 4.65. The summed E-state index contributed by atoms with van der Waals surface area (Å²) in [6.07, 6.45) is 4.05. The lowest BCUT2D eigenvalue weighted by Gasteiger charge is -2.24. The minimum Gasteiger partial charge on any atom is -0.379 e. The van der Waals surface area contributed by atoms with Crippen LogP contribution < -0.4 is 5.32 Å². The molecule has 0 spiro atoms. The minimum absolute atomic E-state index is 0.0435. The Morgan fingerprint density at radius 1 is 1.69 bits per heavy atom. The molecule has 0 aliphatic carbocycles. The van der Waals surface area contributed by atoms with Gasteiger partial charge in [0.15, 0.2) is 0 Å². The Bertz CT molecular complexity index is 169. The van der Waals surface area contributed by atoms with E-state index in [1.54, 1.807) is 11.8 Å². The van der Waals surface area contributed by atoms with Crippen molar-refractivity contribution in [2.75, 3.05) is 19.5 Å². The summed E-state index contributed by atoms with van der Waals surface area (Å²) in [5.41, 5.74) is 0. The van der Waals surface area contributed by atoms with Crippen LogP contribution in [0.25, 0.3) is 0 Å². The topological polar surface area (TPSA) is 38.3 Å². The molecule has 76 valence electrons. The lowest BCUT2D eigenvalue weighted by atomic mass is 10.1. The Morgan fingerprint density at radius 2 is 2.46 bits per heavy atom. The van der Waals surface area contributed by atoms with Gasteiger partial charge in [0.25, 0.3) is 0 Å². The van der Waals surface area contributed by atoms with Crippen LogP contribution in [0.4, 0.5) is 0 Å². The Hall–Kier alpha value is -0.220. The van der Waals surface area contributed by atoms with Gasteiger partial charge in [-0.2, -0.15) is 11.8 Å². The van der Waals surface area contributed by atoms with E-state index < -0.39 is 0 Å². The van der Waals surface area contributed by atoms with Crippen molar-refractivity contribution in [2.45, 2.75) is 31.1 Å². The Morgan fingerprint density at radius 3 is 3.00 bits per heavy atom. The molecule has 3 nitrogen and oxygen atoms in total. The van der Waals surface area contributed by atoms with Crippen molar-refractivity contribution < 1.29 is 9.53 Å². The van der Waals surface area contributed by atoms with Crippen LogP contribution >= 0.6 is 11.8 Å². The third-order valence-corrected chi connectivity index (χ3v) is 3.15. The molecule has 1 unspecified atom stereocenters. The summed E-state index contributed by atoms with van der Waals surface area (Å²) in [5.74, 6) is 0.128. The molecule has 1 aliphatic heterocycles. The molecule has 2 atom stereocenters. The zero-order valence-electron chi connectivity index (χ0n) is 8.21. The molecular formula is C9H17NO2S. The highest BCUT2D eigenvalue weighted by atomic mass is 32.2. The molecule has 1 N–H and O–H groups in total. The zero-order valence-corrected chi connectivity index (χ0v) is 9.02. The number of carbonyl (C=O) groups is 1. The van der Waals surface area contributed by atoms with Crippen molar-refractivity contribution >= 4 is 17.7 Å². The molecule has 0 aromatic heterocycles.